The molecule has 0 aliphatic heterocycles. The average Bonchev–Trinajstić information content (AvgIpc) is 4.04. The molecule has 0 saturated heterocycles. The third kappa shape index (κ3) is 9.49. The highest BCUT2D eigenvalue weighted by molar-refractivity contribution is 8.13. The molecule has 4 aromatic heterocycles. The predicted octanol–water partition coefficient (Wildman–Crippen LogP) is 4.91. The number of rotatable bonds is 8. The van der Waals surface area contributed by atoms with Crippen LogP contribution in [0.5, 0.6) is 0 Å². The van der Waals surface area contributed by atoms with Gasteiger partial charge in [-0.25, -0.2) is 49.1 Å². The summed E-state index contributed by atoms with van der Waals surface area (Å²) >= 11 is 0. The van der Waals surface area contributed by atoms with Crippen LogP contribution in [0.1, 0.15) is 49.2 Å². The van der Waals surface area contributed by atoms with E-state index < -0.39 is 42.3 Å². The lowest BCUT2D eigenvalue weighted by atomic mass is 10.2. The summed E-state index contributed by atoms with van der Waals surface area (Å²) < 4.78 is 102. The van der Waals surface area contributed by atoms with E-state index in [9.17, 15) is 34.4 Å². The number of hydrogen-bond donors (Lipinski definition) is 2. The lowest BCUT2D eigenvalue weighted by Gasteiger charge is -2.08. The van der Waals surface area contributed by atoms with Crippen LogP contribution < -0.4 is 10.5 Å². The van der Waals surface area contributed by atoms with E-state index in [1.54, 1.807) is 18.3 Å². The highest BCUT2D eigenvalue weighted by Gasteiger charge is 2.31. The molecule has 6 aromatic rings. The standard InChI is InChI=1S/C16H15F2N5O2S.C15H13F2N5.CH3ClO2S/c1-26(24,25)20-8-10-4-9(7-19-22-10)16-21-14-5-12(17)13(18)6-15(14)23(16)11-2-3-11;16-11-4-13-14(5-12(11)17)22(10-1-2-10)15(20-13)8-3-9(6-18)21-19-7-8;1-5(2,3)4/h4-7,11,20H,2-3,8H2,1H3;3-5,7,10H,1-2,6,18H2;1H3. The Morgan fingerprint density at radius 1 is 0.717 bits per heavy atom. The van der Waals surface area contributed by atoms with Crippen molar-refractivity contribution in [3.8, 4) is 22.8 Å². The summed E-state index contributed by atoms with van der Waals surface area (Å²) in [7, 11) is -2.06. The monoisotopic (exact) mass is 794 g/mol. The van der Waals surface area contributed by atoms with Crippen molar-refractivity contribution in [3.63, 3.8) is 0 Å². The van der Waals surface area contributed by atoms with Crippen LogP contribution in [0.25, 0.3) is 44.8 Å². The van der Waals surface area contributed by atoms with Crippen LogP contribution in [0.2, 0.25) is 0 Å². The van der Waals surface area contributed by atoms with Gasteiger partial charge in [0, 0.05) is 64.7 Å². The summed E-state index contributed by atoms with van der Waals surface area (Å²) in [5.74, 6) is -2.45. The molecule has 2 fully saturated rings. The number of nitrogens with one attached hydrogen (secondary N) is 1. The van der Waals surface area contributed by atoms with Crippen LogP contribution >= 0.6 is 10.7 Å². The van der Waals surface area contributed by atoms with Gasteiger partial charge in [-0.05, 0) is 37.8 Å². The second-order valence-electron chi connectivity index (χ2n) is 12.4. The van der Waals surface area contributed by atoms with Crippen molar-refractivity contribution >= 4 is 51.8 Å². The second kappa shape index (κ2) is 15.0. The Hall–Kier alpha value is -4.63. The van der Waals surface area contributed by atoms with Gasteiger partial charge in [-0.1, -0.05) is 0 Å². The van der Waals surface area contributed by atoms with Gasteiger partial charge in [-0.3, -0.25) is 0 Å². The van der Waals surface area contributed by atoms with E-state index in [4.69, 9.17) is 5.73 Å². The third-order valence-electron chi connectivity index (χ3n) is 7.94. The van der Waals surface area contributed by atoms with Gasteiger partial charge in [-0.15, -0.1) is 0 Å². The molecule has 4 heterocycles. The number of benzene rings is 2. The third-order valence-corrected chi connectivity index (χ3v) is 8.61. The Labute approximate surface area is 304 Å². The molecule has 0 bridgehead atoms. The number of hydrogen-bond acceptors (Lipinski definition) is 11. The van der Waals surface area contributed by atoms with E-state index in [1.807, 2.05) is 9.13 Å². The van der Waals surface area contributed by atoms with Crippen molar-refractivity contribution in [2.24, 2.45) is 5.73 Å². The van der Waals surface area contributed by atoms with Gasteiger partial charge in [0.1, 0.15) is 11.6 Å². The smallest absolute Gasteiger partial charge is 0.229 e. The van der Waals surface area contributed by atoms with Crippen molar-refractivity contribution in [2.45, 2.75) is 50.9 Å². The Bertz CT molecular complexity index is 2550. The largest absolute Gasteiger partial charge is 0.325 e. The summed E-state index contributed by atoms with van der Waals surface area (Å²) in [6.07, 6.45) is 8.92. The zero-order valence-electron chi connectivity index (χ0n) is 28.0. The molecule has 0 spiro atoms. The zero-order valence-corrected chi connectivity index (χ0v) is 30.4. The fraction of sp³-hybridized carbons (Fsp3) is 0.312. The van der Waals surface area contributed by atoms with Gasteiger partial charge < -0.3 is 14.9 Å². The fourth-order valence-electron chi connectivity index (χ4n) is 5.45. The molecule has 8 rings (SSSR count). The van der Waals surface area contributed by atoms with Crippen molar-refractivity contribution < 1.29 is 34.4 Å². The first-order valence-corrected chi connectivity index (χ1v) is 20.5. The van der Waals surface area contributed by atoms with Gasteiger partial charge in [0.05, 0.1) is 64.9 Å². The topological polar surface area (TPSA) is 194 Å². The summed E-state index contributed by atoms with van der Waals surface area (Å²) in [5, 5.41) is 15.7. The summed E-state index contributed by atoms with van der Waals surface area (Å²) in [5.41, 5.74) is 9.93. The number of aromatic nitrogens is 8. The molecule has 0 radical (unpaired) electrons. The van der Waals surface area contributed by atoms with Gasteiger partial charge in [0.25, 0.3) is 0 Å². The van der Waals surface area contributed by atoms with Crippen LogP contribution in [0.3, 0.4) is 0 Å². The van der Waals surface area contributed by atoms with Crippen molar-refractivity contribution in [3.05, 3.63) is 83.4 Å². The fourth-order valence-corrected chi connectivity index (χ4v) is 5.86. The van der Waals surface area contributed by atoms with E-state index >= 15 is 0 Å². The molecule has 280 valence electrons. The number of sulfonamides is 1. The first kappa shape index (κ1) is 38.1. The maximum Gasteiger partial charge on any atom is 0.229 e. The summed E-state index contributed by atoms with van der Waals surface area (Å²) in [4.78, 5) is 8.92. The summed E-state index contributed by atoms with van der Waals surface area (Å²) in [6, 6.07) is 8.47. The normalized spacial score (nSPS) is 14.5. The Balaban J connectivity index is 0.000000163. The van der Waals surface area contributed by atoms with E-state index in [0.29, 0.717) is 50.7 Å². The number of nitrogens with two attached hydrogens (primary N) is 1. The molecule has 2 aliphatic carbocycles. The highest BCUT2D eigenvalue weighted by atomic mass is 35.7. The van der Waals surface area contributed by atoms with Crippen LogP contribution in [0.15, 0.2) is 48.8 Å². The molecule has 2 saturated carbocycles. The predicted molar refractivity (Wildman–Crippen MR) is 188 cm³/mol. The Kier molecular flexibility index (Phi) is 10.8. The van der Waals surface area contributed by atoms with Crippen LogP contribution in [0, 0.1) is 23.3 Å². The molecule has 2 aromatic carbocycles. The Morgan fingerprint density at radius 3 is 1.51 bits per heavy atom. The highest BCUT2D eigenvalue weighted by Crippen LogP contribution is 2.42. The van der Waals surface area contributed by atoms with Gasteiger partial charge in [0.15, 0.2) is 23.3 Å². The number of imidazole rings is 2. The molecule has 2 aliphatic rings. The average molecular weight is 795 g/mol. The quantitative estimate of drug-likeness (QED) is 0.157. The number of halogens is 5. The van der Waals surface area contributed by atoms with Crippen molar-refractivity contribution in [1.82, 2.24) is 44.2 Å². The molecule has 0 atom stereocenters. The van der Waals surface area contributed by atoms with E-state index in [0.717, 1.165) is 62.0 Å². The van der Waals surface area contributed by atoms with Crippen molar-refractivity contribution in [1.29, 1.82) is 0 Å². The van der Waals surface area contributed by atoms with Crippen molar-refractivity contribution in [2.75, 3.05) is 12.5 Å². The molecular formula is C32H31ClF4N10O4S2. The second-order valence-corrected chi connectivity index (χ2v) is 17.3. The molecule has 14 nitrogen and oxygen atoms in total. The van der Waals surface area contributed by atoms with Gasteiger partial charge in [0.2, 0.25) is 19.1 Å². The Morgan fingerprint density at radius 2 is 1.11 bits per heavy atom. The van der Waals surface area contributed by atoms with Crippen LogP contribution in [-0.4, -0.2) is 68.8 Å². The van der Waals surface area contributed by atoms with E-state index in [-0.39, 0.29) is 25.2 Å². The summed E-state index contributed by atoms with van der Waals surface area (Å²) in [6.45, 7) is 0.264. The molecule has 0 amide bonds. The van der Waals surface area contributed by atoms with E-state index in [2.05, 4.69) is 45.8 Å². The minimum atomic E-state index is -3.36. The molecule has 3 N–H and O–H groups in total. The van der Waals surface area contributed by atoms with E-state index in [1.165, 1.54) is 12.3 Å². The first-order valence-electron chi connectivity index (χ1n) is 15.9. The zero-order chi connectivity index (χ0) is 38.2. The molecule has 53 heavy (non-hydrogen) atoms. The molecular weight excluding hydrogens is 764 g/mol. The minimum absolute atomic E-state index is 0.00735. The maximum atomic E-state index is 13.7. The maximum absolute atomic E-state index is 13.7. The van der Waals surface area contributed by atoms with Crippen LogP contribution in [0.4, 0.5) is 17.6 Å². The number of nitrogens with zero attached hydrogens (tertiary/aromatic N) is 8. The molecule has 21 heteroatoms. The lowest BCUT2D eigenvalue weighted by Crippen LogP contribution is -2.22. The number of fused-ring (bicyclic) bond motifs is 2. The first-order chi connectivity index (χ1) is 25.0. The van der Waals surface area contributed by atoms with Gasteiger partial charge >= 0.3 is 0 Å². The van der Waals surface area contributed by atoms with Crippen LogP contribution in [-0.2, 0) is 32.2 Å². The minimum Gasteiger partial charge on any atom is -0.325 e. The van der Waals surface area contributed by atoms with Gasteiger partial charge in [-0.2, -0.15) is 20.4 Å². The SMILES string of the molecule is CS(=O)(=O)Cl.CS(=O)(=O)NCc1cc(-c2nc3cc(F)c(F)cc3n2C2CC2)cnn1.NCc1cc(-c2nc3cc(F)c(F)cc3n2C2CC2)cnn1. The lowest BCUT2D eigenvalue weighted by molar-refractivity contribution is 0.510. The molecule has 0 unspecified atom stereocenters.